The van der Waals surface area contributed by atoms with Gasteiger partial charge in [0.25, 0.3) is 0 Å². The van der Waals surface area contributed by atoms with Gasteiger partial charge in [-0.05, 0) is 33.4 Å². The third kappa shape index (κ3) is 3.11. The number of nitrogens with one attached hydrogen (secondary N) is 1. The predicted molar refractivity (Wildman–Crippen MR) is 78.1 cm³/mol. The molecule has 2 aliphatic rings. The smallest absolute Gasteiger partial charge is 0.239 e. The van der Waals surface area contributed by atoms with E-state index in [2.05, 4.69) is 43.1 Å². The fourth-order valence-electron chi connectivity index (χ4n) is 3.59. The van der Waals surface area contributed by atoms with Crippen molar-refractivity contribution in [2.24, 2.45) is 0 Å². The SMILES string of the molecule is CC(C)NC1CCN(CC2(N(C)C)CCCC2)C1=O. The van der Waals surface area contributed by atoms with Gasteiger partial charge < -0.3 is 15.1 Å². The molecule has 0 aromatic rings. The Balaban J connectivity index is 1.98. The van der Waals surface area contributed by atoms with E-state index >= 15 is 0 Å². The zero-order chi connectivity index (χ0) is 14.0. The summed E-state index contributed by atoms with van der Waals surface area (Å²) in [5.41, 5.74) is 0.225. The van der Waals surface area contributed by atoms with Crippen molar-refractivity contribution >= 4 is 5.91 Å². The Labute approximate surface area is 117 Å². The van der Waals surface area contributed by atoms with Gasteiger partial charge in [-0.1, -0.05) is 26.7 Å². The third-order valence-corrected chi connectivity index (χ3v) is 4.80. The molecule has 0 radical (unpaired) electrons. The Morgan fingerprint density at radius 3 is 2.53 bits per heavy atom. The highest BCUT2D eigenvalue weighted by Crippen LogP contribution is 2.35. The number of hydrogen-bond acceptors (Lipinski definition) is 3. The zero-order valence-corrected chi connectivity index (χ0v) is 12.9. The molecular formula is C15H29N3O. The van der Waals surface area contributed by atoms with E-state index in [9.17, 15) is 4.79 Å². The molecule has 1 unspecified atom stereocenters. The van der Waals surface area contributed by atoms with Gasteiger partial charge in [0, 0.05) is 24.7 Å². The summed E-state index contributed by atoms with van der Waals surface area (Å²) in [5, 5.41) is 3.38. The molecule has 1 saturated carbocycles. The molecule has 4 heteroatoms. The van der Waals surface area contributed by atoms with Crippen LogP contribution in [0.25, 0.3) is 0 Å². The van der Waals surface area contributed by atoms with Gasteiger partial charge in [-0.3, -0.25) is 4.79 Å². The molecule has 0 aromatic heterocycles. The van der Waals surface area contributed by atoms with Crippen LogP contribution in [0.1, 0.15) is 46.0 Å². The molecule has 1 saturated heterocycles. The summed E-state index contributed by atoms with van der Waals surface area (Å²) in [7, 11) is 4.32. The number of rotatable bonds is 5. The van der Waals surface area contributed by atoms with E-state index < -0.39 is 0 Å². The van der Waals surface area contributed by atoms with Gasteiger partial charge in [0.1, 0.15) is 0 Å². The average Bonchev–Trinajstić information content (AvgIpc) is 2.92. The van der Waals surface area contributed by atoms with Gasteiger partial charge in [-0.25, -0.2) is 0 Å². The summed E-state index contributed by atoms with van der Waals surface area (Å²) in [4.78, 5) is 16.9. The Hall–Kier alpha value is -0.610. The molecule has 0 aromatic carbocycles. The molecule has 0 spiro atoms. The zero-order valence-electron chi connectivity index (χ0n) is 12.9. The number of amides is 1. The van der Waals surface area contributed by atoms with Gasteiger partial charge in [0.15, 0.2) is 0 Å². The Morgan fingerprint density at radius 2 is 2.00 bits per heavy atom. The van der Waals surface area contributed by atoms with Crippen LogP contribution < -0.4 is 5.32 Å². The van der Waals surface area contributed by atoms with Crippen LogP contribution in [0, 0.1) is 0 Å². The molecule has 1 N–H and O–H groups in total. The minimum Gasteiger partial charge on any atom is -0.339 e. The van der Waals surface area contributed by atoms with Crippen molar-refractivity contribution in [3.05, 3.63) is 0 Å². The van der Waals surface area contributed by atoms with Crippen LogP contribution in [0.5, 0.6) is 0 Å². The lowest BCUT2D eigenvalue weighted by molar-refractivity contribution is -0.131. The van der Waals surface area contributed by atoms with Crippen LogP contribution in [0.2, 0.25) is 0 Å². The number of carbonyl (C=O) groups is 1. The maximum atomic E-state index is 12.4. The predicted octanol–water partition coefficient (Wildman–Crippen LogP) is 1.46. The van der Waals surface area contributed by atoms with E-state index in [4.69, 9.17) is 0 Å². The van der Waals surface area contributed by atoms with E-state index in [0.29, 0.717) is 11.9 Å². The lowest BCUT2D eigenvalue weighted by atomic mass is 9.95. The quantitative estimate of drug-likeness (QED) is 0.819. The van der Waals surface area contributed by atoms with Crippen molar-refractivity contribution in [3.63, 3.8) is 0 Å². The summed E-state index contributed by atoms with van der Waals surface area (Å²) < 4.78 is 0. The average molecular weight is 267 g/mol. The molecule has 1 atom stereocenters. The van der Waals surface area contributed by atoms with E-state index in [-0.39, 0.29) is 11.6 Å². The fraction of sp³-hybridized carbons (Fsp3) is 0.933. The van der Waals surface area contributed by atoms with Crippen molar-refractivity contribution in [3.8, 4) is 0 Å². The third-order valence-electron chi connectivity index (χ3n) is 4.80. The highest BCUT2D eigenvalue weighted by Gasteiger charge is 2.41. The maximum absolute atomic E-state index is 12.4. The van der Waals surface area contributed by atoms with Crippen LogP contribution in [-0.2, 0) is 4.79 Å². The first kappa shape index (κ1) is 14.8. The number of likely N-dealkylation sites (tertiary alicyclic amines) is 1. The second-order valence-corrected chi connectivity index (χ2v) is 6.75. The molecule has 110 valence electrons. The highest BCUT2D eigenvalue weighted by atomic mass is 16.2. The second-order valence-electron chi connectivity index (χ2n) is 6.75. The molecule has 2 fully saturated rings. The van der Waals surface area contributed by atoms with Crippen molar-refractivity contribution in [1.82, 2.24) is 15.1 Å². The van der Waals surface area contributed by atoms with Crippen LogP contribution in [0.15, 0.2) is 0 Å². The minimum absolute atomic E-state index is 0.0422. The first-order valence-corrected chi connectivity index (χ1v) is 7.67. The fourth-order valence-corrected chi connectivity index (χ4v) is 3.59. The molecule has 19 heavy (non-hydrogen) atoms. The van der Waals surface area contributed by atoms with Gasteiger partial charge in [0.05, 0.1) is 6.04 Å². The van der Waals surface area contributed by atoms with E-state index in [1.807, 2.05) is 0 Å². The summed E-state index contributed by atoms with van der Waals surface area (Å²) >= 11 is 0. The van der Waals surface area contributed by atoms with Gasteiger partial charge in [-0.2, -0.15) is 0 Å². The van der Waals surface area contributed by atoms with Gasteiger partial charge >= 0.3 is 0 Å². The monoisotopic (exact) mass is 267 g/mol. The van der Waals surface area contributed by atoms with Crippen molar-refractivity contribution in [2.75, 3.05) is 27.2 Å². The number of nitrogens with zero attached hydrogens (tertiary/aromatic N) is 2. The molecule has 1 aliphatic carbocycles. The largest absolute Gasteiger partial charge is 0.339 e. The topological polar surface area (TPSA) is 35.6 Å². The van der Waals surface area contributed by atoms with Crippen molar-refractivity contribution < 1.29 is 4.79 Å². The van der Waals surface area contributed by atoms with E-state index in [1.54, 1.807) is 0 Å². The lowest BCUT2D eigenvalue weighted by Gasteiger charge is -2.39. The molecule has 4 nitrogen and oxygen atoms in total. The standard InChI is InChI=1S/C15H29N3O/c1-12(2)16-13-7-10-18(14(13)19)11-15(17(3)4)8-5-6-9-15/h12-13,16H,5-11H2,1-4H3. The van der Waals surface area contributed by atoms with Gasteiger partial charge in [0.2, 0.25) is 5.91 Å². The summed E-state index contributed by atoms with van der Waals surface area (Å²) in [6.07, 6.45) is 6.01. The van der Waals surface area contributed by atoms with Crippen molar-refractivity contribution in [2.45, 2.75) is 63.6 Å². The Bertz CT molecular complexity index is 321. The van der Waals surface area contributed by atoms with E-state index in [0.717, 1.165) is 19.5 Å². The van der Waals surface area contributed by atoms with Crippen LogP contribution in [-0.4, -0.2) is 60.5 Å². The normalized spacial score (nSPS) is 26.9. The second kappa shape index (κ2) is 5.80. The summed E-state index contributed by atoms with van der Waals surface area (Å²) in [6.45, 7) is 6.04. The van der Waals surface area contributed by atoms with Crippen molar-refractivity contribution in [1.29, 1.82) is 0 Å². The first-order chi connectivity index (χ1) is 8.94. The number of hydrogen-bond donors (Lipinski definition) is 1. The molecular weight excluding hydrogens is 238 g/mol. The molecule has 1 amide bonds. The highest BCUT2D eigenvalue weighted by molar-refractivity contribution is 5.84. The molecule has 1 aliphatic heterocycles. The Kier molecular flexibility index (Phi) is 4.51. The number of likely N-dealkylation sites (N-methyl/N-ethyl adjacent to an activating group) is 1. The van der Waals surface area contributed by atoms with Crippen LogP contribution in [0.4, 0.5) is 0 Å². The molecule has 1 heterocycles. The first-order valence-electron chi connectivity index (χ1n) is 7.67. The number of carbonyl (C=O) groups excluding carboxylic acids is 1. The maximum Gasteiger partial charge on any atom is 0.239 e. The summed E-state index contributed by atoms with van der Waals surface area (Å²) in [6, 6.07) is 0.420. The molecule has 0 bridgehead atoms. The summed E-state index contributed by atoms with van der Waals surface area (Å²) in [5.74, 6) is 0.307. The minimum atomic E-state index is 0.0422. The lowest BCUT2D eigenvalue weighted by Crippen LogP contribution is -2.52. The molecule has 2 rings (SSSR count). The van der Waals surface area contributed by atoms with Crippen LogP contribution >= 0.6 is 0 Å². The van der Waals surface area contributed by atoms with Gasteiger partial charge in [-0.15, -0.1) is 0 Å². The van der Waals surface area contributed by atoms with E-state index in [1.165, 1.54) is 25.7 Å². The van der Waals surface area contributed by atoms with Crippen LogP contribution in [0.3, 0.4) is 0 Å². The Morgan fingerprint density at radius 1 is 1.37 bits per heavy atom.